The molecule has 5 heteroatoms. The van der Waals surface area contributed by atoms with Crippen LogP contribution in [0.15, 0.2) is 54.6 Å². The molecule has 1 atom stereocenters. The van der Waals surface area contributed by atoms with Gasteiger partial charge in [0.2, 0.25) is 0 Å². The number of para-hydroxylation sites is 1. The standard InChI is InChI=1S/C23H28N2O3/c1-17(2)20-11-7-8-12-21(20)28-18(3)22(26)24-13-15-25(16-14-24)23(27)19-9-5-4-6-10-19/h4-12,17-18H,13-16H2,1-3H3. The molecule has 1 aliphatic heterocycles. The molecule has 2 aromatic carbocycles. The number of carbonyl (C=O) groups excluding carboxylic acids is 2. The van der Waals surface area contributed by atoms with E-state index in [1.54, 1.807) is 16.7 Å². The predicted molar refractivity (Wildman–Crippen MR) is 110 cm³/mol. The van der Waals surface area contributed by atoms with Gasteiger partial charge in [-0.2, -0.15) is 0 Å². The molecule has 1 aliphatic rings. The molecule has 1 unspecified atom stereocenters. The third-order valence-corrected chi connectivity index (χ3v) is 5.09. The molecule has 2 aromatic rings. The van der Waals surface area contributed by atoms with E-state index in [0.29, 0.717) is 37.7 Å². The summed E-state index contributed by atoms with van der Waals surface area (Å²) in [5, 5.41) is 0. The van der Waals surface area contributed by atoms with Crippen molar-refractivity contribution in [3.05, 3.63) is 65.7 Å². The molecule has 1 heterocycles. The largest absolute Gasteiger partial charge is 0.481 e. The zero-order valence-corrected chi connectivity index (χ0v) is 16.8. The molecule has 148 valence electrons. The van der Waals surface area contributed by atoms with E-state index >= 15 is 0 Å². The highest BCUT2D eigenvalue weighted by molar-refractivity contribution is 5.94. The van der Waals surface area contributed by atoms with Gasteiger partial charge in [0.25, 0.3) is 11.8 Å². The molecule has 0 bridgehead atoms. The van der Waals surface area contributed by atoms with Crippen LogP contribution in [0, 0.1) is 0 Å². The van der Waals surface area contributed by atoms with Crippen molar-refractivity contribution in [2.24, 2.45) is 0 Å². The van der Waals surface area contributed by atoms with E-state index in [4.69, 9.17) is 4.74 Å². The number of hydrogen-bond acceptors (Lipinski definition) is 3. The smallest absolute Gasteiger partial charge is 0.263 e. The van der Waals surface area contributed by atoms with Gasteiger partial charge in [-0.15, -0.1) is 0 Å². The number of ether oxygens (including phenoxy) is 1. The van der Waals surface area contributed by atoms with E-state index in [-0.39, 0.29) is 11.8 Å². The second kappa shape index (κ2) is 8.91. The maximum atomic E-state index is 12.8. The van der Waals surface area contributed by atoms with Crippen LogP contribution in [0.5, 0.6) is 5.75 Å². The van der Waals surface area contributed by atoms with Crippen LogP contribution in [0.1, 0.15) is 42.6 Å². The molecule has 0 aliphatic carbocycles. The van der Waals surface area contributed by atoms with E-state index in [2.05, 4.69) is 13.8 Å². The van der Waals surface area contributed by atoms with Crippen LogP contribution in [0.4, 0.5) is 0 Å². The van der Waals surface area contributed by atoms with Gasteiger partial charge in [-0.1, -0.05) is 50.2 Å². The highest BCUT2D eigenvalue weighted by atomic mass is 16.5. The van der Waals surface area contributed by atoms with Gasteiger partial charge in [-0.25, -0.2) is 0 Å². The highest BCUT2D eigenvalue weighted by Gasteiger charge is 2.28. The van der Waals surface area contributed by atoms with E-state index in [9.17, 15) is 9.59 Å². The molecule has 0 spiro atoms. The molecule has 2 amide bonds. The minimum atomic E-state index is -0.559. The highest BCUT2D eigenvalue weighted by Crippen LogP contribution is 2.27. The van der Waals surface area contributed by atoms with Gasteiger partial charge in [0.05, 0.1) is 0 Å². The molecule has 3 rings (SSSR count). The van der Waals surface area contributed by atoms with Gasteiger partial charge in [-0.3, -0.25) is 9.59 Å². The second-order valence-electron chi connectivity index (χ2n) is 7.44. The molecule has 1 fully saturated rings. The van der Waals surface area contributed by atoms with Gasteiger partial charge in [0.1, 0.15) is 5.75 Å². The van der Waals surface area contributed by atoms with Crippen LogP contribution in [0.3, 0.4) is 0 Å². The van der Waals surface area contributed by atoms with Gasteiger partial charge in [0.15, 0.2) is 6.10 Å². The summed E-state index contributed by atoms with van der Waals surface area (Å²) in [5.41, 5.74) is 1.78. The Labute approximate surface area is 166 Å². The zero-order chi connectivity index (χ0) is 20.1. The number of rotatable bonds is 5. The first-order chi connectivity index (χ1) is 13.5. The fraction of sp³-hybridized carbons (Fsp3) is 0.391. The quantitative estimate of drug-likeness (QED) is 0.797. The molecule has 1 saturated heterocycles. The Morgan fingerprint density at radius 2 is 1.39 bits per heavy atom. The lowest BCUT2D eigenvalue weighted by atomic mass is 10.0. The third kappa shape index (κ3) is 4.53. The van der Waals surface area contributed by atoms with Crippen LogP contribution in [-0.2, 0) is 4.79 Å². The minimum Gasteiger partial charge on any atom is -0.481 e. The van der Waals surface area contributed by atoms with Crippen LogP contribution in [0.25, 0.3) is 0 Å². The molecule has 0 N–H and O–H groups in total. The van der Waals surface area contributed by atoms with Gasteiger partial charge >= 0.3 is 0 Å². The molecule has 28 heavy (non-hydrogen) atoms. The molecule has 0 saturated carbocycles. The number of hydrogen-bond donors (Lipinski definition) is 0. The molecule has 0 aromatic heterocycles. The van der Waals surface area contributed by atoms with Gasteiger partial charge < -0.3 is 14.5 Å². The Balaban J connectivity index is 1.57. The topological polar surface area (TPSA) is 49.9 Å². The molecular formula is C23H28N2O3. The Bertz CT molecular complexity index is 812. The van der Waals surface area contributed by atoms with Crippen LogP contribution in [-0.4, -0.2) is 53.9 Å². The summed E-state index contributed by atoms with van der Waals surface area (Å²) in [6.45, 7) is 8.13. The number of amides is 2. The van der Waals surface area contributed by atoms with Gasteiger partial charge in [-0.05, 0) is 36.6 Å². The lowest BCUT2D eigenvalue weighted by molar-refractivity contribution is -0.139. The van der Waals surface area contributed by atoms with E-state index < -0.39 is 6.10 Å². The Kier molecular flexibility index (Phi) is 6.34. The van der Waals surface area contributed by atoms with Crippen molar-refractivity contribution in [1.82, 2.24) is 9.80 Å². The monoisotopic (exact) mass is 380 g/mol. The Hall–Kier alpha value is -2.82. The summed E-state index contributed by atoms with van der Waals surface area (Å²) >= 11 is 0. The van der Waals surface area contributed by atoms with Crippen LogP contribution < -0.4 is 4.74 Å². The molecular weight excluding hydrogens is 352 g/mol. The number of benzene rings is 2. The average molecular weight is 380 g/mol. The van der Waals surface area contributed by atoms with Crippen molar-refractivity contribution >= 4 is 11.8 Å². The predicted octanol–water partition coefficient (Wildman–Crippen LogP) is 3.56. The number of nitrogens with zero attached hydrogens (tertiary/aromatic N) is 2. The molecule has 0 radical (unpaired) electrons. The SMILES string of the molecule is CC(Oc1ccccc1C(C)C)C(=O)N1CCN(C(=O)c2ccccc2)CC1. The van der Waals surface area contributed by atoms with Gasteiger partial charge in [0, 0.05) is 31.7 Å². The summed E-state index contributed by atoms with van der Waals surface area (Å²) in [6, 6.07) is 17.1. The van der Waals surface area contributed by atoms with Crippen molar-refractivity contribution in [2.45, 2.75) is 32.8 Å². The van der Waals surface area contributed by atoms with Crippen LogP contribution in [0.2, 0.25) is 0 Å². The summed E-state index contributed by atoms with van der Waals surface area (Å²) in [5.74, 6) is 1.07. The number of carbonyl (C=O) groups is 2. The maximum Gasteiger partial charge on any atom is 0.263 e. The maximum absolute atomic E-state index is 12.8. The minimum absolute atomic E-state index is 0.0165. The fourth-order valence-corrected chi connectivity index (χ4v) is 3.46. The Morgan fingerprint density at radius 1 is 0.821 bits per heavy atom. The summed E-state index contributed by atoms with van der Waals surface area (Å²) in [4.78, 5) is 29.0. The molecule has 5 nitrogen and oxygen atoms in total. The first-order valence-electron chi connectivity index (χ1n) is 9.86. The first-order valence-corrected chi connectivity index (χ1v) is 9.86. The number of piperazine rings is 1. The summed E-state index contributed by atoms with van der Waals surface area (Å²) < 4.78 is 5.99. The Morgan fingerprint density at radius 3 is 2.04 bits per heavy atom. The van der Waals surface area contributed by atoms with E-state index in [0.717, 1.165) is 11.3 Å². The van der Waals surface area contributed by atoms with Crippen molar-refractivity contribution in [2.75, 3.05) is 26.2 Å². The van der Waals surface area contributed by atoms with Crippen molar-refractivity contribution in [3.8, 4) is 5.75 Å². The average Bonchev–Trinajstić information content (AvgIpc) is 2.73. The van der Waals surface area contributed by atoms with Crippen molar-refractivity contribution in [1.29, 1.82) is 0 Å². The zero-order valence-electron chi connectivity index (χ0n) is 16.8. The van der Waals surface area contributed by atoms with Crippen molar-refractivity contribution in [3.63, 3.8) is 0 Å². The first kappa shape index (κ1) is 19.9. The lowest BCUT2D eigenvalue weighted by Gasteiger charge is -2.36. The summed E-state index contributed by atoms with van der Waals surface area (Å²) in [7, 11) is 0. The van der Waals surface area contributed by atoms with E-state index in [1.807, 2.05) is 54.6 Å². The second-order valence-corrected chi connectivity index (χ2v) is 7.44. The van der Waals surface area contributed by atoms with E-state index in [1.165, 1.54) is 0 Å². The summed E-state index contributed by atoms with van der Waals surface area (Å²) in [6.07, 6.45) is -0.559. The third-order valence-electron chi connectivity index (χ3n) is 5.09. The lowest BCUT2D eigenvalue weighted by Crippen LogP contribution is -2.53. The van der Waals surface area contributed by atoms with Crippen molar-refractivity contribution < 1.29 is 14.3 Å². The fourth-order valence-electron chi connectivity index (χ4n) is 3.46. The van der Waals surface area contributed by atoms with Crippen LogP contribution >= 0.6 is 0 Å². The normalized spacial score (nSPS) is 15.4.